The second-order valence-corrected chi connectivity index (χ2v) is 4.51. The SMILES string of the molecule is CCc1cc(CNC(C)c2ccc(OC)cc2)on1. The van der Waals surface area contributed by atoms with Crippen LogP contribution in [0, 0.1) is 0 Å². The molecule has 0 aliphatic heterocycles. The summed E-state index contributed by atoms with van der Waals surface area (Å²) in [5, 5.41) is 7.39. The zero-order valence-electron chi connectivity index (χ0n) is 11.6. The monoisotopic (exact) mass is 260 g/mol. The van der Waals surface area contributed by atoms with Crippen LogP contribution < -0.4 is 10.1 Å². The number of rotatable bonds is 6. The summed E-state index contributed by atoms with van der Waals surface area (Å²) in [5.41, 5.74) is 2.21. The lowest BCUT2D eigenvalue weighted by Crippen LogP contribution is -2.17. The Morgan fingerprint density at radius 2 is 2.05 bits per heavy atom. The number of nitrogens with zero attached hydrogens (tertiary/aromatic N) is 1. The zero-order chi connectivity index (χ0) is 13.7. The van der Waals surface area contributed by atoms with Crippen LogP contribution in [0.25, 0.3) is 0 Å². The molecule has 0 spiro atoms. The normalized spacial score (nSPS) is 12.4. The van der Waals surface area contributed by atoms with Crippen molar-refractivity contribution in [3.05, 3.63) is 47.3 Å². The first-order valence-corrected chi connectivity index (χ1v) is 6.54. The maximum Gasteiger partial charge on any atom is 0.150 e. The molecule has 2 rings (SSSR count). The third-order valence-corrected chi connectivity index (χ3v) is 3.17. The predicted molar refractivity (Wildman–Crippen MR) is 74.1 cm³/mol. The standard InChI is InChI=1S/C15H20N2O2/c1-4-13-9-15(19-17-13)10-16-11(2)12-5-7-14(18-3)8-6-12/h5-9,11,16H,4,10H2,1-3H3. The Labute approximate surface area is 113 Å². The Balaban J connectivity index is 1.90. The summed E-state index contributed by atoms with van der Waals surface area (Å²) in [7, 11) is 1.67. The average molecular weight is 260 g/mol. The number of hydrogen-bond acceptors (Lipinski definition) is 4. The van der Waals surface area contributed by atoms with Crippen molar-refractivity contribution in [1.82, 2.24) is 10.5 Å². The number of nitrogens with one attached hydrogen (secondary N) is 1. The largest absolute Gasteiger partial charge is 0.497 e. The number of aromatic nitrogens is 1. The molecule has 4 heteroatoms. The van der Waals surface area contributed by atoms with Gasteiger partial charge in [0.15, 0.2) is 5.76 Å². The Bertz CT molecular complexity index is 505. The first-order valence-electron chi connectivity index (χ1n) is 6.54. The van der Waals surface area contributed by atoms with Crippen molar-refractivity contribution < 1.29 is 9.26 Å². The van der Waals surface area contributed by atoms with Crippen LogP contribution in [0.2, 0.25) is 0 Å². The van der Waals surface area contributed by atoms with Crippen LogP contribution >= 0.6 is 0 Å². The van der Waals surface area contributed by atoms with Gasteiger partial charge in [0.1, 0.15) is 5.75 Å². The van der Waals surface area contributed by atoms with Crippen LogP contribution in [-0.4, -0.2) is 12.3 Å². The lowest BCUT2D eigenvalue weighted by atomic mass is 10.1. The molecule has 0 saturated carbocycles. The molecule has 102 valence electrons. The molecule has 1 N–H and O–H groups in total. The molecule has 0 bridgehead atoms. The highest BCUT2D eigenvalue weighted by atomic mass is 16.5. The van der Waals surface area contributed by atoms with E-state index in [2.05, 4.69) is 36.5 Å². The van der Waals surface area contributed by atoms with Crippen molar-refractivity contribution in [3.63, 3.8) is 0 Å². The van der Waals surface area contributed by atoms with Gasteiger partial charge in [0.05, 0.1) is 19.3 Å². The van der Waals surface area contributed by atoms with Crippen LogP contribution in [0.15, 0.2) is 34.9 Å². The molecule has 0 saturated heterocycles. The fourth-order valence-electron chi connectivity index (χ4n) is 1.87. The van der Waals surface area contributed by atoms with Crippen LogP contribution in [-0.2, 0) is 13.0 Å². The van der Waals surface area contributed by atoms with Crippen LogP contribution in [0.4, 0.5) is 0 Å². The predicted octanol–water partition coefficient (Wildman–Crippen LogP) is 3.10. The Kier molecular flexibility index (Phi) is 4.58. The summed E-state index contributed by atoms with van der Waals surface area (Å²) in [6.07, 6.45) is 0.900. The van der Waals surface area contributed by atoms with E-state index in [1.807, 2.05) is 18.2 Å². The highest BCUT2D eigenvalue weighted by molar-refractivity contribution is 5.28. The van der Waals surface area contributed by atoms with E-state index < -0.39 is 0 Å². The van der Waals surface area contributed by atoms with Gasteiger partial charge in [0.2, 0.25) is 0 Å². The molecule has 1 aromatic carbocycles. The van der Waals surface area contributed by atoms with Crippen molar-refractivity contribution in [2.24, 2.45) is 0 Å². The fourth-order valence-corrected chi connectivity index (χ4v) is 1.87. The Morgan fingerprint density at radius 3 is 2.63 bits per heavy atom. The van der Waals surface area contributed by atoms with E-state index >= 15 is 0 Å². The second kappa shape index (κ2) is 6.38. The lowest BCUT2D eigenvalue weighted by molar-refractivity contribution is 0.361. The third-order valence-electron chi connectivity index (χ3n) is 3.17. The van der Waals surface area contributed by atoms with Crippen molar-refractivity contribution in [2.45, 2.75) is 32.9 Å². The van der Waals surface area contributed by atoms with Crippen molar-refractivity contribution in [3.8, 4) is 5.75 Å². The van der Waals surface area contributed by atoms with E-state index in [-0.39, 0.29) is 6.04 Å². The zero-order valence-corrected chi connectivity index (χ0v) is 11.6. The third kappa shape index (κ3) is 3.58. The highest BCUT2D eigenvalue weighted by Crippen LogP contribution is 2.17. The van der Waals surface area contributed by atoms with Gasteiger partial charge >= 0.3 is 0 Å². The summed E-state index contributed by atoms with van der Waals surface area (Å²) in [6.45, 7) is 4.87. The minimum Gasteiger partial charge on any atom is -0.497 e. The summed E-state index contributed by atoms with van der Waals surface area (Å²) in [6, 6.07) is 10.3. The molecule has 1 heterocycles. The van der Waals surface area contributed by atoms with Gasteiger partial charge in [-0.05, 0) is 31.0 Å². The molecule has 1 unspecified atom stereocenters. The Morgan fingerprint density at radius 1 is 1.32 bits per heavy atom. The maximum absolute atomic E-state index is 5.25. The highest BCUT2D eigenvalue weighted by Gasteiger charge is 2.07. The molecule has 0 amide bonds. The number of hydrogen-bond donors (Lipinski definition) is 1. The van der Waals surface area contributed by atoms with E-state index in [1.54, 1.807) is 7.11 Å². The molecular formula is C15H20N2O2. The molecule has 1 atom stereocenters. The topological polar surface area (TPSA) is 47.3 Å². The van der Waals surface area contributed by atoms with Gasteiger partial charge in [-0.25, -0.2) is 0 Å². The van der Waals surface area contributed by atoms with E-state index in [0.717, 1.165) is 23.6 Å². The summed E-state index contributed by atoms with van der Waals surface area (Å²) in [4.78, 5) is 0. The van der Waals surface area contributed by atoms with Gasteiger partial charge in [0.25, 0.3) is 0 Å². The van der Waals surface area contributed by atoms with Gasteiger partial charge in [-0.15, -0.1) is 0 Å². The molecule has 0 aliphatic rings. The molecule has 2 aromatic rings. The lowest BCUT2D eigenvalue weighted by Gasteiger charge is -2.13. The van der Waals surface area contributed by atoms with Crippen molar-refractivity contribution >= 4 is 0 Å². The van der Waals surface area contributed by atoms with Gasteiger partial charge in [0, 0.05) is 12.1 Å². The average Bonchev–Trinajstić information content (AvgIpc) is 2.93. The maximum atomic E-state index is 5.25. The smallest absolute Gasteiger partial charge is 0.150 e. The molecule has 0 fully saturated rings. The first kappa shape index (κ1) is 13.6. The van der Waals surface area contributed by atoms with Crippen molar-refractivity contribution in [2.75, 3.05) is 7.11 Å². The van der Waals surface area contributed by atoms with Crippen LogP contribution in [0.5, 0.6) is 5.75 Å². The fraction of sp³-hybridized carbons (Fsp3) is 0.400. The van der Waals surface area contributed by atoms with Crippen molar-refractivity contribution in [1.29, 1.82) is 0 Å². The molecule has 1 aromatic heterocycles. The molecule has 19 heavy (non-hydrogen) atoms. The minimum absolute atomic E-state index is 0.251. The Hall–Kier alpha value is -1.81. The van der Waals surface area contributed by atoms with Gasteiger partial charge in [-0.3, -0.25) is 0 Å². The van der Waals surface area contributed by atoms with Gasteiger partial charge < -0.3 is 14.6 Å². The van der Waals surface area contributed by atoms with E-state index in [9.17, 15) is 0 Å². The van der Waals surface area contributed by atoms with E-state index in [0.29, 0.717) is 6.54 Å². The van der Waals surface area contributed by atoms with E-state index in [1.165, 1.54) is 5.56 Å². The quantitative estimate of drug-likeness (QED) is 0.867. The first-order chi connectivity index (χ1) is 9.22. The summed E-state index contributed by atoms with van der Waals surface area (Å²) >= 11 is 0. The minimum atomic E-state index is 0.251. The van der Waals surface area contributed by atoms with Crippen LogP contribution in [0.3, 0.4) is 0 Å². The summed E-state index contributed by atoms with van der Waals surface area (Å²) in [5.74, 6) is 1.75. The molecule has 0 radical (unpaired) electrons. The second-order valence-electron chi connectivity index (χ2n) is 4.51. The molecular weight excluding hydrogens is 240 g/mol. The number of ether oxygens (including phenoxy) is 1. The van der Waals surface area contributed by atoms with Gasteiger partial charge in [-0.2, -0.15) is 0 Å². The molecule has 0 aliphatic carbocycles. The summed E-state index contributed by atoms with van der Waals surface area (Å²) < 4.78 is 10.4. The van der Waals surface area contributed by atoms with E-state index in [4.69, 9.17) is 9.26 Å². The number of benzene rings is 1. The van der Waals surface area contributed by atoms with Gasteiger partial charge in [-0.1, -0.05) is 24.2 Å². The number of methoxy groups -OCH3 is 1. The molecule has 4 nitrogen and oxygen atoms in total. The number of aryl methyl sites for hydroxylation is 1. The van der Waals surface area contributed by atoms with Crippen LogP contribution in [0.1, 0.15) is 36.9 Å².